The number of nitrogens with zero attached hydrogens (tertiary/aromatic N) is 3. The van der Waals surface area contributed by atoms with Gasteiger partial charge in [-0.15, -0.1) is 11.3 Å². The zero-order chi connectivity index (χ0) is 13.7. The lowest BCUT2D eigenvalue weighted by Crippen LogP contribution is -1.86. The van der Waals surface area contributed by atoms with E-state index in [1.165, 1.54) is 10.3 Å². The van der Waals surface area contributed by atoms with Gasteiger partial charge < -0.3 is 4.98 Å². The summed E-state index contributed by atoms with van der Waals surface area (Å²) in [4.78, 5) is 16.4. The van der Waals surface area contributed by atoms with Gasteiger partial charge in [-0.1, -0.05) is 6.07 Å². The van der Waals surface area contributed by atoms with Crippen LogP contribution in [0.1, 0.15) is 10.8 Å². The highest BCUT2D eigenvalue weighted by atomic mass is 32.1. The summed E-state index contributed by atoms with van der Waals surface area (Å²) in [6.45, 7) is 3.93. The Kier molecular flexibility index (Phi) is 2.37. The van der Waals surface area contributed by atoms with Crippen LogP contribution in [0.2, 0.25) is 0 Å². The van der Waals surface area contributed by atoms with Crippen LogP contribution in [0, 0.1) is 13.8 Å². The second-order valence-corrected chi connectivity index (χ2v) is 6.03. The van der Waals surface area contributed by atoms with Crippen molar-refractivity contribution in [1.82, 2.24) is 19.9 Å². The van der Waals surface area contributed by atoms with Crippen molar-refractivity contribution in [2.24, 2.45) is 0 Å². The molecule has 20 heavy (non-hydrogen) atoms. The summed E-state index contributed by atoms with van der Waals surface area (Å²) < 4.78 is 1.21. The van der Waals surface area contributed by atoms with Crippen LogP contribution in [0.3, 0.4) is 0 Å². The van der Waals surface area contributed by atoms with Crippen molar-refractivity contribution in [3.05, 3.63) is 41.4 Å². The third kappa shape index (κ3) is 1.71. The molecule has 1 aromatic carbocycles. The van der Waals surface area contributed by atoms with Gasteiger partial charge in [-0.25, -0.2) is 15.0 Å². The monoisotopic (exact) mass is 280 g/mol. The lowest BCUT2D eigenvalue weighted by molar-refractivity contribution is 1.08. The molecule has 0 amide bonds. The van der Waals surface area contributed by atoms with Crippen LogP contribution in [0.25, 0.3) is 32.4 Å². The molecule has 0 aliphatic carbocycles. The first-order chi connectivity index (χ1) is 9.70. The standard InChI is InChI=1S/C15H12N4S/c1-8-16-7-12-11(6-17-15(12)18-8)10-3-4-13-14(5-10)20-9(2)19-13/h3-7H,1-2H3,(H,16,17,18). The van der Waals surface area contributed by atoms with Crippen LogP contribution in [-0.2, 0) is 0 Å². The van der Waals surface area contributed by atoms with E-state index < -0.39 is 0 Å². The molecule has 1 N–H and O–H groups in total. The number of aromatic nitrogens is 4. The second kappa shape index (κ2) is 4.11. The molecule has 0 atom stereocenters. The van der Waals surface area contributed by atoms with Gasteiger partial charge in [-0.05, 0) is 31.5 Å². The van der Waals surface area contributed by atoms with Gasteiger partial charge in [0.05, 0.1) is 15.2 Å². The summed E-state index contributed by atoms with van der Waals surface area (Å²) in [7, 11) is 0. The molecule has 0 saturated heterocycles. The fourth-order valence-corrected chi connectivity index (χ4v) is 3.31. The van der Waals surface area contributed by atoms with E-state index in [1.54, 1.807) is 11.3 Å². The Balaban J connectivity index is 1.95. The first-order valence-corrected chi connectivity index (χ1v) is 7.21. The average molecular weight is 280 g/mol. The first-order valence-electron chi connectivity index (χ1n) is 6.39. The molecule has 0 unspecified atom stereocenters. The van der Waals surface area contributed by atoms with Crippen LogP contribution >= 0.6 is 11.3 Å². The van der Waals surface area contributed by atoms with E-state index >= 15 is 0 Å². The van der Waals surface area contributed by atoms with Gasteiger partial charge in [0.15, 0.2) is 0 Å². The number of thiazole rings is 1. The summed E-state index contributed by atoms with van der Waals surface area (Å²) in [5.41, 5.74) is 4.24. The van der Waals surface area contributed by atoms with Crippen LogP contribution in [0.5, 0.6) is 0 Å². The molecular formula is C15H12N4S. The Hall–Kier alpha value is -2.27. The molecule has 4 nitrogen and oxygen atoms in total. The molecule has 0 fully saturated rings. The summed E-state index contributed by atoms with van der Waals surface area (Å²) in [5, 5.41) is 2.14. The molecule has 4 rings (SSSR count). The number of hydrogen-bond acceptors (Lipinski definition) is 4. The highest BCUT2D eigenvalue weighted by Gasteiger charge is 2.09. The van der Waals surface area contributed by atoms with Crippen molar-refractivity contribution in [3.63, 3.8) is 0 Å². The third-order valence-electron chi connectivity index (χ3n) is 3.36. The lowest BCUT2D eigenvalue weighted by atomic mass is 10.1. The zero-order valence-corrected chi connectivity index (χ0v) is 12.0. The van der Waals surface area contributed by atoms with Crippen molar-refractivity contribution in [3.8, 4) is 11.1 Å². The number of benzene rings is 1. The quantitative estimate of drug-likeness (QED) is 0.576. The Morgan fingerprint density at radius 1 is 1.15 bits per heavy atom. The van der Waals surface area contributed by atoms with Gasteiger partial charge in [0.25, 0.3) is 0 Å². The minimum absolute atomic E-state index is 0.777. The second-order valence-electron chi connectivity index (χ2n) is 4.80. The number of hydrogen-bond donors (Lipinski definition) is 1. The summed E-state index contributed by atoms with van der Waals surface area (Å²) >= 11 is 1.72. The van der Waals surface area contributed by atoms with E-state index in [4.69, 9.17) is 0 Å². The minimum atomic E-state index is 0.777. The van der Waals surface area contributed by atoms with Gasteiger partial charge in [0.2, 0.25) is 0 Å². The fraction of sp³-hybridized carbons (Fsp3) is 0.133. The number of rotatable bonds is 1. The number of aryl methyl sites for hydroxylation is 2. The molecular weight excluding hydrogens is 268 g/mol. The van der Waals surface area contributed by atoms with Crippen molar-refractivity contribution < 1.29 is 0 Å². The fourth-order valence-electron chi connectivity index (χ4n) is 2.44. The smallest absolute Gasteiger partial charge is 0.141 e. The molecule has 0 aliphatic rings. The molecule has 98 valence electrons. The van der Waals surface area contributed by atoms with E-state index in [1.807, 2.05) is 26.2 Å². The highest BCUT2D eigenvalue weighted by Crippen LogP contribution is 2.31. The maximum Gasteiger partial charge on any atom is 0.141 e. The van der Waals surface area contributed by atoms with E-state index in [0.717, 1.165) is 32.9 Å². The van der Waals surface area contributed by atoms with Gasteiger partial charge in [0, 0.05) is 23.3 Å². The lowest BCUT2D eigenvalue weighted by Gasteiger charge is -1.99. The number of nitrogens with one attached hydrogen (secondary N) is 1. The summed E-state index contributed by atoms with van der Waals surface area (Å²) in [6.07, 6.45) is 3.87. The topological polar surface area (TPSA) is 54.5 Å². The van der Waals surface area contributed by atoms with Crippen LogP contribution in [0.4, 0.5) is 0 Å². The SMILES string of the molecule is Cc1ncc2c(-c3ccc4nc(C)sc4c3)c[nH]c2n1. The molecule has 4 aromatic rings. The van der Waals surface area contributed by atoms with E-state index in [-0.39, 0.29) is 0 Å². The van der Waals surface area contributed by atoms with E-state index in [9.17, 15) is 0 Å². The minimum Gasteiger partial charge on any atom is -0.345 e. The van der Waals surface area contributed by atoms with Gasteiger partial charge >= 0.3 is 0 Å². The molecule has 5 heteroatoms. The van der Waals surface area contributed by atoms with Crippen molar-refractivity contribution >= 4 is 32.6 Å². The molecule has 0 spiro atoms. The summed E-state index contributed by atoms with van der Waals surface area (Å²) in [6, 6.07) is 6.36. The van der Waals surface area contributed by atoms with Crippen LogP contribution < -0.4 is 0 Å². The zero-order valence-electron chi connectivity index (χ0n) is 11.1. The van der Waals surface area contributed by atoms with Crippen LogP contribution in [-0.4, -0.2) is 19.9 Å². The molecule has 0 bridgehead atoms. The molecule has 3 aromatic heterocycles. The van der Waals surface area contributed by atoms with Crippen molar-refractivity contribution in [2.75, 3.05) is 0 Å². The number of fused-ring (bicyclic) bond motifs is 2. The maximum atomic E-state index is 4.50. The predicted molar refractivity (Wildman–Crippen MR) is 82.0 cm³/mol. The van der Waals surface area contributed by atoms with Gasteiger partial charge in [-0.2, -0.15) is 0 Å². The third-order valence-corrected chi connectivity index (χ3v) is 4.29. The average Bonchev–Trinajstić information content (AvgIpc) is 2.99. The Bertz CT molecular complexity index is 936. The number of aromatic amines is 1. The molecule has 0 radical (unpaired) electrons. The van der Waals surface area contributed by atoms with E-state index in [2.05, 4.69) is 38.1 Å². The normalized spacial score (nSPS) is 11.5. The summed E-state index contributed by atoms with van der Waals surface area (Å²) in [5.74, 6) is 0.777. The maximum absolute atomic E-state index is 4.50. The molecule has 0 saturated carbocycles. The number of H-pyrrole nitrogens is 1. The van der Waals surface area contributed by atoms with Crippen LogP contribution in [0.15, 0.2) is 30.6 Å². The largest absolute Gasteiger partial charge is 0.345 e. The van der Waals surface area contributed by atoms with Crippen molar-refractivity contribution in [1.29, 1.82) is 0 Å². The highest BCUT2D eigenvalue weighted by molar-refractivity contribution is 7.18. The predicted octanol–water partition coefficient (Wildman–Crippen LogP) is 3.85. The first kappa shape index (κ1) is 11.5. The van der Waals surface area contributed by atoms with Crippen molar-refractivity contribution in [2.45, 2.75) is 13.8 Å². The Labute approximate surface area is 119 Å². The molecule has 0 aliphatic heterocycles. The van der Waals surface area contributed by atoms with E-state index in [0.29, 0.717) is 0 Å². The molecule has 3 heterocycles. The Morgan fingerprint density at radius 3 is 2.95 bits per heavy atom. The Morgan fingerprint density at radius 2 is 2.05 bits per heavy atom. The van der Waals surface area contributed by atoms with Gasteiger partial charge in [0.1, 0.15) is 11.5 Å². The van der Waals surface area contributed by atoms with Gasteiger partial charge in [-0.3, -0.25) is 0 Å².